The molecule has 1 saturated heterocycles. The van der Waals surface area contributed by atoms with Gasteiger partial charge in [-0.15, -0.1) is 0 Å². The second kappa shape index (κ2) is 5.51. The van der Waals surface area contributed by atoms with Crippen LogP contribution < -0.4 is 0 Å². The summed E-state index contributed by atoms with van der Waals surface area (Å²) in [6.07, 6.45) is 0.790. The van der Waals surface area contributed by atoms with E-state index in [0.29, 0.717) is 18.7 Å². The van der Waals surface area contributed by atoms with Crippen LogP contribution in [0.25, 0.3) is 0 Å². The summed E-state index contributed by atoms with van der Waals surface area (Å²) >= 11 is 0. The van der Waals surface area contributed by atoms with Crippen LogP contribution in [0.15, 0.2) is 12.1 Å². The Labute approximate surface area is 146 Å². The highest BCUT2D eigenvalue weighted by Gasteiger charge is 2.53. The number of fused-ring (bicyclic) bond motifs is 1. The lowest BCUT2D eigenvalue weighted by Gasteiger charge is -2.45. The van der Waals surface area contributed by atoms with E-state index in [-0.39, 0.29) is 18.7 Å². The van der Waals surface area contributed by atoms with Crippen LogP contribution in [0.1, 0.15) is 55.9 Å². The maximum absolute atomic E-state index is 13.1. The quantitative estimate of drug-likeness (QED) is 0.836. The van der Waals surface area contributed by atoms with Gasteiger partial charge in [-0.05, 0) is 45.7 Å². The van der Waals surface area contributed by atoms with E-state index in [9.17, 15) is 19.8 Å². The fraction of sp³-hybridized carbons (Fsp3) is 0.611. The highest BCUT2D eigenvalue weighted by atomic mass is 16.5. The number of carbonyl (C=O) groups is 2. The molecule has 1 aromatic heterocycles. The van der Waals surface area contributed by atoms with E-state index in [2.05, 4.69) is 4.98 Å². The van der Waals surface area contributed by atoms with Crippen molar-refractivity contribution in [2.45, 2.75) is 57.3 Å². The van der Waals surface area contributed by atoms with Gasteiger partial charge in [-0.25, -0.2) is 9.78 Å². The third kappa shape index (κ3) is 2.91. The third-order valence-electron chi connectivity index (χ3n) is 5.12. The van der Waals surface area contributed by atoms with Gasteiger partial charge in [0.25, 0.3) is 5.91 Å². The minimum atomic E-state index is -1.57. The normalized spacial score (nSPS) is 27.0. The maximum Gasteiger partial charge on any atom is 0.354 e. The van der Waals surface area contributed by atoms with Gasteiger partial charge >= 0.3 is 5.97 Å². The molecular weight excluding hydrogens is 324 g/mol. The molecule has 1 fully saturated rings. The van der Waals surface area contributed by atoms with E-state index >= 15 is 0 Å². The Morgan fingerprint density at radius 1 is 1.24 bits per heavy atom. The molecule has 0 spiro atoms. The van der Waals surface area contributed by atoms with Crippen LogP contribution in [-0.2, 0) is 21.5 Å². The van der Waals surface area contributed by atoms with Crippen molar-refractivity contribution in [2.24, 2.45) is 0 Å². The van der Waals surface area contributed by atoms with Gasteiger partial charge in [-0.3, -0.25) is 4.79 Å². The number of carbonyl (C=O) groups excluding carboxylic acids is 1. The molecule has 0 radical (unpaired) electrons. The fourth-order valence-corrected chi connectivity index (χ4v) is 3.84. The van der Waals surface area contributed by atoms with Crippen molar-refractivity contribution in [1.29, 1.82) is 0 Å². The van der Waals surface area contributed by atoms with E-state index in [4.69, 9.17) is 4.74 Å². The second-order valence-electron chi connectivity index (χ2n) is 8.03. The summed E-state index contributed by atoms with van der Waals surface area (Å²) in [5.74, 6) is -1.50. The number of carboxylic acid groups (broad SMARTS) is 1. The number of nitrogens with zero attached hydrogens (tertiary/aromatic N) is 2. The predicted molar refractivity (Wildman–Crippen MR) is 89.2 cm³/mol. The molecule has 2 aliphatic heterocycles. The van der Waals surface area contributed by atoms with Gasteiger partial charge in [0.05, 0.1) is 23.4 Å². The predicted octanol–water partition coefficient (Wildman–Crippen LogP) is 1.33. The average Bonchev–Trinajstić information content (AvgIpc) is 2.81. The molecular formula is C18H24N2O5. The molecule has 1 unspecified atom stereocenters. The standard InChI is InChI=1S/C18H24N2O5/c1-16(2)9-18(24,10-25-16)15(23)20-8-7-11-5-6-12(14(21)22)19-13(11)17(20,3)4/h5-6,24H,7-10H2,1-4H3,(H,21,22). The summed E-state index contributed by atoms with van der Waals surface area (Å²) < 4.78 is 5.57. The van der Waals surface area contributed by atoms with E-state index in [1.807, 2.05) is 27.7 Å². The lowest BCUT2D eigenvalue weighted by Crippen LogP contribution is -2.58. The molecule has 1 atom stereocenters. The number of hydrogen-bond acceptors (Lipinski definition) is 5. The molecule has 2 N–H and O–H groups in total. The summed E-state index contributed by atoms with van der Waals surface area (Å²) in [4.78, 5) is 30.2. The molecule has 7 heteroatoms. The molecule has 7 nitrogen and oxygen atoms in total. The smallest absolute Gasteiger partial charge is 0.354 e. The monoisotopic (exact) mass is 348 g/mol. The lowest BCUT2D eigenvalue weighted by atomic mass is 9.84. The van der Waals surface area contributed by atoms with E-state index in [1.165, 1.54) is 6.07 Å². The zero-order valence-electron chi connectivity index (χ0n) is 15.0. The highest BCUT2D eigenvalue weighted by Crippen LogP contribution is 2.39. The van der Waals surface area contributed by atoms with Crippen molar-refractivity contribution in [3.05, 3.63) is 29.1 Å². The summed E-state index contributed by atoms with van der Waals surface area (Å²) in [6, 6.07) is 3.24. The van der Waals surface area contributed by atoms with Crippen LogP contribution in [0.4, 0.5) is 0 Å². The number of ether oxygens (including phenoxy) is 1. The zero-order valence-corrected chi connectivity index (χ0v) is 15.0. The lowest BCUT2D eigenvalue weighted by molar-refractivity contribution is -0.158. The highest BCUT2D eigenvalue weighted by molar-refractivity contribution is 5.87. The van der Waals surface area contributed by atoms with Crippen molar-refractivity contribution < 1.29 is 24.5 Å². The van der Waals surface area contributed by atoms with Gasteiger partial charge in [0.1, 0.15) is 5.69 Å². The van der Waals surface area contributed by atoms with Crippen molar-refractivity contribution in [3.8, 4) is 0 Å². The van der Waals surface area contributed by atoms with Crippen molar-refractivity contribution in [3.63, 3.8) is 0 Å². The maximum atomic E-state index is 13.1. The van der Waals surface area contributed by atoms with Crippen molar-refractivity contribution >= 4 is 11.9 Å². The molecule has 1 amide bonds. The number of amides is 1. The summed E-state index contributed by atoms with van der Waals surface area (Å²) in [5, 5.41) is 20.0. The minimum absolute atomic E-state index is 0.0408. The first-order chi connectivity index (χ1) is 11.5. The molecule has 0 aliphatic carbocycles. The average molecular weight is 348 g/mol. The van der Waals surface area contributed by atoms with Crippen LogP contribution in [-0.4, -0.2) is 56.3 Å². The number of aromatic nitrogens is 1. The molecule has 3 rings (SSSR count). The minimum Gasteiger partial charge on any atom is -0.477 e. The zero-order chi connectivity index (χ0) is 18.6. The van der Waals surface area contributed by atoms with Crippen molar-refractivity contribution in [1.82, 2.24) is 9.88 Å². The number of carboxylic acids is 1. The molecule has 0 saturated carbocycles. The molecule has 0 aromatic carbocycles. The first kappa shape index (κ1) is 17.8. The number of hydrogen-bond donors (Lipinski definition) is 2. The number of rotatable bonds is 2. The molecule has 2 aliphatic rings. The van der Waals surface area contributed by atoms with Gasteiger partial charge < -0.3 is 19.8 Å². The van der Waals surface area contributed by atoms with Gasteiger partial charge in [0.2, 0.25) is 0 Å². The van der Waals surface area contributed by atoms with Crippen molar-refractivity contribution in [2.75, 3.05) is 13.2 Å². The second-order valence-corrected chi connectivity index (χ2v) is 8.03. The van der Waals surface area contributed by atoms with Crippen LogP contribution in [0, 0.1) is 0 Å². The van der Waals surface area contributed by atoms with Gasteiger partial charge in [-0.2, -0.15) is 0 Å². The number of pyridine rings is 1. The van der Waals surface area contributed by atoms with E-state index in [1.54, 1.807) is 11.0 Å². The van der Waals surface area contributed by atoms with E-state index < -0.39 is 28.6 Å². The third-order valence-corrected chi connectivity index (χ3v) is 5.12. The summed E-state index contributed by atoms with van der Waals surface area (Å²) in [7, 11) is 0. The van der Waals surface area contributed by atoms with Gasteiger partial charge in [0.15, 0.2) is 5.60 Å². The first-order valence-electron chi connectivity index (χ1n) is 8.38. The molecule has 0 bridgehead atoms. The van der Waals surface area contributed by atoms with Gasteiger partial charge in [-0.1, -0.05) is 6.07 Å². The Bertz CT molecular complexity index is 743. The fourth-order valence-electron chi connectivity index (χ4n) is 3.84. The largest absolute Gasteiger partial charge is 0.477 e. The van der Waals surface area contributed by atoms with Crippen LogP contribution in [0.5, 0.6) is 0 Å². The van der Waals surface area contributed by atoms with Crippen LogP contribution in [0.2, 0.25) is 0 Å². The number of aromatic carboxylic acids is 1. The molecule has 3 heterocycles. The Morgan fingerprint density at radius 3 is 2.48 bits per heavy atom. The molecule has 1 aromatic rings. The number of aliphatic hydroxyl groups is 1. The SMILES string of the molecule is CC1(C)CC(O)(C(=O)N2CCc3ccc(C(=O)O)nc3C2(C)C)CO1. The summed E-state index contributed by atoms with van der Waals surface area (Å²) in [6.45, 7) is 7.74. The Balaban J connectivity index is 1.96. The van der Waals surface area contributed by atoms with Crippen LogP contribution in [0.3, 0.4) is 0 Å². The van der Waals surface area contributed by atoms with E-state index in [0.717, 1.165) is 5.56 Å². The Hall–Kier alpha value is -1.99. The van der Waals surface area contributed by atoms with Gasteiger partial charge in [0, 0.05) is 13.0 Å². The molecule has 25 heavy (non-hydrogen) atoms. The Morgan fingerprint density at radius 2 is 1.92 bits per heavy atom. The van der Waals surface area contributed by atoms with Crippen LogP contribution >= 0.6 is 0 Å². The summed E-state index contributed by atoms with van der Waals surface area (Å²) in [5.41, 5.74) is -1.51. The molecule has 136 valence electrons. The first-order valence-corrected chi connectivity index (χ1v) is 8.38. The topological polar surface area (TPSA) is 100.0 Å². The Kier molecular flexibility index (Phi) is 3.92.